The summed E-state index contributed by atoms with van der Waals surface area (Å²) in [6.45, 7) is 7.76. The third kappa shape index (κ3) is 2.42. The van der Waals surface area contributed by atoms with Crippen molar-refractivity contribution >= 4 is 11.6 Å². The van der Waals surface area contributed by atoms with Crippen LogP contribution in [0.1, 0.15) is 57.1 Å². The zero-order chi connectivity index (χ0) is 16.2. The first-order valence-electron chi connectivity index (χ1n) is 9.39. The number of carbonyl (C=O) groups is 1. The van der Waals surface area contributed by atoms with Gasteiger partial charge in [-0.3, -0.25) is 4.79 Å². The van der Waals surface area contributed by atoms with Gasteiger partial charge < -0.3 is 4.90 Å². The number of rotatable bonds is 1. The van der Waals surface area contributed by atoms with Crippen LogP contribution in [-0.2, 0) is 11.2 Å². The topological polar surface area (TPSA) is 20.3 Å². The lowest BCUT2D eigenvalue weighted by molar-refractivity contribution is -0.136. The molecule has 1 aromatic carbocycles. The van der Waals surface area contributed by atoms with Crippen molar-refractivity contribution in [2.24, 2.45) is 23.2 Å². The van der Waals surface area contributed by atoms with E-state index in [1.807, 2.05) is 0 Å². The van der Waals surface area contributed by atoms with E-state index in [4.69, 9.17) is 0 Å². The second kappa shape index (κ2) is 5.36. The van der Waals surface area contributed by atoms with Crippen molar-refractivity contribution < 1.29 is 4.79 Å². The molecule has 2 saturated carbocycles. The van der Waals surface area contributed by atoms with Crippen LogP contribution in [0.15, 0.2) is 18.2 Å². The maximum Gasteiger partial charge on any atom is 0.233 e. The molecule has 0 aromatic heterocycles. The molecule has 0 radical (unpaired) electrons. The van der Waals surface area contributed by atoms with Gasteiger partial charge in [0.2, 0.25) is 5.91 Å². The van der Waals surface area contributed by atoms with Gasteiger partial charge in [-0.05, 0) is 80.4 Å². The molecule has 4 atom stereocenters. The quantitative estimate of drug-likeness (QED) is 0.734. The van der Waals surface area contributed by atoms with Crippen molar-refractivity contribution in [1.29, 1.82) is 0 Å². The Morgan fingerprint density at radius 2 is 1.83 bits per heavy atom. The Morgan fingerprint density at radius 3 is 2.52 bits per heavy atom. The van der Waals surface area contributed by atoms with Gasteiger partial charge in [-0.1, -0.05) is 26.0 Å². The monoisotopic (exact) mass is 311 g/mol. The van der Waals surface area contributed by atoms with E-state index >= 15 is 0 Å². The maximum atomic E-state index is 13.6. The molecule has 124 valence electrons. The number of fused-ring (bicyclic) bond motifs is 3. The van der Waals surface area contributed by atoms with E-state index in [1.165, 1.54) is 29.7 Å². The number of nitrogens with zero attached hydrogens (tertiary/aromatic N) is 1. The standard InChI is InChI=1S/C21H29NO/c1-14-9-17-10-15(2)12-21(11-14,13-17)20(23)22-8-7-18-16(3)5-4-6-19(18)22/h4-6,14-15,17H,7-13H2,1-3H3/t14-,15+,17?,21?. The van der Waals surface area contributed by atoms with Gasteiger partial charge in [0.1, 0.15) is 0 Å². The van der Waals surface area contributed by atoms with Crippen LogP contribution in [0.2, 0.25) is 0 Å². The van der Waals surface area contributed by atoms with Crippen molar-refractivity contribution in [3.8, 4) is 0 Å². The lowest BCUT2D eigenvalue weighted by atomic mass is 9.56. The molecule has 2 unspecified atom stereocenters. The normalized spacial score (nSPS) is 36.0. The number of amides is 1. The number of hydrogen-bond donors (Lipinski definition) is 0. The van der Waals surface area contributed by atoms with Crippen LogP contribution in [-0.4, -0.2) is 12.5 Å². The second-order valence-electron chi connectivity index (χ2n) is 8.72. The molecule has 0 saturated heterocycles. The summed E-state index contributed by atoms with van der Waals surface area (Å²) in [5.74, 6) is 2.60. The molecule has 1 amide bonds. The van der Waals surface area contributed by atoms with Crippen molar-refractivity contribution in [2.75, 3.05) is 11.4 Å². The summed E-state index contributed by atoms with van der Waals surface area (Å²) >= 11 is 0. The van der Waals surface area contributed by atoms with Crippen LogP contribution in [0.5, 0.6) is 0 Å². The van der Waals surface area contributed by atoms with Gasteiger partial charge in [0.15, 0.2) is 0 Å². The molecule has 1 aromatic rings. The Labute approximate surface area is 140 Å². The highest BCUT2D eigenvalue weighted by atomic mass is 16.2. The fraction of sp³-hybridized carbons (Fsp3) is 0.667. The molecule has 23 heavy (non-hydrogen) atoms. The third-order valence-electron chi connectivity index (χ3n) is 6.59. The van der Waals surface area contributed by atoms with Gasteiger partial charge in [0.05, 0.1) is 5.41 Å². The average Bonchev–Trinajstić information content (AvgIpc) is 2.90. The van der Waals surface area contributed by atoms with E-state index in [2.05, 4.69) is 43.9 Å². The van der Waals surface area contributed by atoms with Crippen LogP contribution in [0.3, 0.4) is 0 Å². The van der Waals surface area contributed by atoms with Gasteiger partial charge in [-0.2, -0.15) is 0 Å². The van der Waals surface area contributed by atoms with Gasteiger partial charge in [0, 0.05) is 12.2 Å². The lowest BCUT2D eigenvalue weighted by Crippen LogP contribution is -2.50. The number of benzene rings is 1. The summed E-state index contributed by atoms with van der Waals surface area (Å²) in [4.78, 5) is 15.8. The van der Waals surface area contributed by atoms with E-state index in [0.717, 1.165) is 38.1 Å². The van der Waals surface area contributed by atoms with E-state index in [-0.39, 0.29) is 5.41 Å². The molecule has 2 nitrogen and oxygen atoms in total. The van der Waals surface area contributed by atoms with Crippen LogP contribution in [0.25, 0.3) is 0 Å². The first-order chi connectivity index (χ1) is 11.0. The Bertz CT molecular complexity index is 615. The molecule has 2 aliphatic carbocycles. The van der Waals surface area contributed by atoms with Crippen LogP contribution in [0.4, 0.5) is 5.69 Å². The van der Waals surface area contributed by atoms with Crippen LogP contribution in [0, 0.1) is 30.1 Å². The minimum absolute atomic E-state index is 0.0780. The first-order valence-corrected chi connectivity index (χ1v) is 9.39. The van der Waals surface area contributed by atoms with Crippen LogP contribution >= 0.6 is 0 Å². The minimum atomic E-state index is -0.0780. The summed E-state index contributed by atoms with van der Waals surface area (Å²) in [6.07, 6.45) is 7.02. The zero-order valence-electron chi connectivity index (χ0n) is 14.8. The molecule has 1 heterocycles. The first kappa shape index (κ1) is 15.2. The minimum Gasteiger partial charge on any atom is -0.311 e. The van der Waals surface area contributed by atoms with Gasteiger partial charge in [0.25, 0.3) is 0 Å². The molecular formula is C21H29NO. The number of anilines is 1. The fourth-order valence-electron chi connectivity index (χ4n) is 6.07. The summed E-state index contributed by atoms with van der Waals surface area (Å²) in [5, 5.41) is 0. The predicted molar refractivity (Wildman–Crippen MR) is 94.6 cm³/mol. The largest absolute Gasteiger partial charge is 0.311 e. The van der Waals surface area contributed by atoms with Crippen molar-refractivity contribution in [2.45, 2.75) is 59.3 Å². The Kier molecular flexibility index (Phi) is 3.55. The van der Waals surface area contributed by atoms with Crippen molar-refractivity contribution in [1.82, 2.24) is 0 Å². The smallest absolute Gasteiger partial charge is 0.233 e. The summed E-state index contributed by atoms with van der Waals surface area (Å²) in [5.41, 5.74) is 3.84. The molecule has 1 aliphatic heterocycles. The number of hydrogen-bond acceptors (Lipinski definition) is 1. The summed E-state index contributed by atoms with van der Waals surface area (Å²) in [6, 6.07) is 6.43. The molecule has 0 spiro atoms. The summed E-state index contributed by atoms with van der Waals surface area (Å²) < 4.78 is 0. The molecule has 2 fully saturated rings. The van der Waals surface area contributed by atoms with E-state index in [9.17, 15) is 4.79 Å². The maximum absolute atomic E-state index is 13.6. The highest BCUT2D eigenvalue weighted by molar-refractivity contribution is 5.99. The third-order valence-corrected chi connectivity index (χ3v) is 6.59. The Hall–Kier alpha value is -1.31. The highest BCUT2D eigenvalue weighted by Gasteiger charge is 2.51. The van der Waals surface area contributed by atoms with E-state index < -0.39 is 0 Å². The van der Waals surface area contributed by atoms with Crippen molar-refractivity contribution in [3.05, 3.63) is 29.3 Å². The van der Waals surface area contributed by atoms with Crippen molar-refractivity contribution in [3.63, 3.8) is 0 Å². The molecule has 2 heteroatoms. The molecule has 0 N–H and O–H groups in total. The molecular weight excluding hydrogens is 282 g/mol. The Balaban J connectivity index is 1.68. The zero-order valence-corrected chi connectivity index (χ0v) is 14.8. The fourth-order valence-corrected chi connectivity index (χ4v) is 6.07. The molecule has 2 bridgehead atoms. The predicted octanol–water partition coefficient (Wildman–Crippen LogP) is 4.74. The second-order valence-corrected chi connectivity index (χ2v) is 8.72. The Morgan fingerprint density at radius 1 is 1.13 bits per heavy atom. The average molecular weight is 311 g/mol. The number of aryl methyl sites for hydroxylation is 1. The van der Waals surface area contributed by atoms with Crippen LogP contribution < -0.4 is 4.90 Å². The summed E-state index contributed by atoms with van der Waals surface area (Å²) in [7, 11) is 0. The molecule has 3 aliphatic rings. The van der Waals surface area contributed by atoms with E-state index in [0.29, 0.717) is 17.7 Å². The molecule has 4 rings (SSSR count). The number of carbonyl (C=O) groups excluding carboxylic acids is 1. The van der Waals surface area contributed by atoms with Gasteiger partial charge in [-0.15, -0.1) is 0 Å². The van der Waals surface area contributed by atoms with Gasteiger partial charge >= 0.3 is 0 Å². The van der Waals surface area contributed by atoms with Gasteiger partial charge in [-0.25, -0.2) is 0 Å². The SMILES string of the molecule is Cc1cccc2c1CCN2C(=O)C12CC(C[C@@H](C)C1)C[C@H](C)C2. The lowest BCUT2D eigenvalue weighted by Gasteiger charge is -2.50. The highest BCUT2D eigenvalue weighted by Crippen LogP contribution is 2.54. The van der Waals surface area contributed by atoms with E-state index in [1.54, 1.807) is 0 Å².